The average Bonchev–Trinajstić information content (AvgIpc) is 2.54. The average molecular weight is 286 g/mol. The van der Waals surface area contributed by atoms with E-state index in [1.54, 1.807) is 14.2 Å². The van der Waals surface area contributed by atoms with Crippen molar-refractivity contribution in [2.24, 2.45) is 0 Å². The summed E-state index contributed by atoms with van der Waals surface area (Å²) in [5.74, 6) is 2.20. The molecule has 0 fully saturated rings. The van der Waals surface area contributed by atoms with Gasteiger partial charge in [-0.05, 0) is 29.8 Å². The lowest BCUT2D eigenvalue weighted by atomic mass is 9.95. The van der Waals surface area contributed by atoms with E-state index >= 15 is 0 Å². The zero-order valence-corrected chi connectivity index (χ0v) is 12.1. The topological polar surface area (TPSA) is 47.9 Å². The van der Waals surface area contributed by atoms with E-state index in [-0.39, 0.29) is 6.10 Å². The Kier molecular flexibility index (Phi) is 3.71. The molecule has 0 radical (unpaired) electrons. The molecule has 2 aromatic carbocycles. The Morgan fingerprint density at radius 2 is 1.67 bits per heavy atom. The molecule has 3 rings (SSSR count). The third-order valence-corrected chi connectivity index (χ3v) is 3.77. The third-order valence-electron chi connectivity index (χ3n) is 3.77. The molecule has 1 aliphatic rings. The Bertz CT molecular complexity index is 621. The molecule has 1 unspecified atom stereocenters. The van der Waals surface area contributed by atoms with Crippen LogP contribution in [0.4, 0.5) is 0 Å². The standard InChI is InChI=1S/C17H18O4/c1-19-12-5-3-11(4-6-12)16-10-15(18)14-8-7-13(20-2)9-17(14)21-16/h3-9,15-16,18H,10H2,1-2H3/t15-,16?/m1/s1. The highest BCUT2D eigenvalue weighted by atomic mass is 16.5. The minimum atomic E-state index is -0.535. The van der Waals surface area contributed by atoms with E-state index in [2.05, 4.69) is 0 Å². The number of aliphatic hydroxyl groups is 1. The predicted molar refractivity (Wildman–Crippen MR) is 78.9 cm³/mol. The molecule has 4 heteroatoms. The summed E-state index contributed by atoms with van der Waals surface area (Å²) in [6.45, 7) is 0. The van der Waals surface area contributed by atoms with E-state index in [4.69, 9.17) is 14.2 Å². The summed E-state index contributed by atoms with van der Waals surface area (Å²) < 4.78 is 16.4. The molecule has 0 saturated heterocycles. The second-order valence-corrected chi connectivity index (χ2v) is 5.03. The fourth-order valence-electron chi connectivity index (χ4n) is 2.57. The highest BCUT2D eigenvalue weighted by molar-refractivity contribution is 5.44. The fraction of sp³-hybridized carbons (Fsp3) is 0.294. The van der Waals surface area contributed by atoms with Crippen LogP contribution in [0.15, 0.2) is 42.5 Å². The molecule has 2 aromatic rings. The molecule has 1 heterocycles. The van der Waals surface area contributed by atoms with Crippen LogP contribution in [0.1, 0.15) is 29.8 Å². The van der Waals surface area contributed by atoms with Crippen molar-refractivity contribution < 1.29 is 19.3 Å². The first-order valence-corrected chi connectivity index (χ1v) is 6.88. The van der Waals surface area contributed by atoms with E-state index < -0.39 is 6.10 Å². The Morgan fingerprint density at radius 1 is 1.00 bits per heavy atom. The van der Waals surface area contributed by atoms with Gasteiger partial charge in [-0.1, -0.05) is 12.1 Å². The maximum absolute atomic E-state index is 10.3. The first kappa shape index (κ1) is 13.8. The van der Waals surface area contributed by atoms with Crippen molar-refractivity contribution in [2.45, 2.75) is 18.6 Å². The van der Waals surface area contributed by atoms with Gasteiger partial charge in [-0.2, -0.15) is 0 Å². The Morgan fingerprint density at radius 3 is 2.33 bits per heavy atom. The molecule has 0 aliphatic carbocycles. The largest absolute Gasteiger partial charge is 0.497 e. The summed E-state index contributed by atoms with van der Waals surface area (Å²) >= 11 is 0. The molecular weight excluding hydrogens is 268 g/mol. The molecule has 1 aliphatic heterocycles. The number of methoxy groups -OCH3 is 2. The minimum absolute atomic E-state index is 0.175. The second-order valence-electron chi connectivity index (χ2n) is 5.03. The summed E-state index contributed by atoms with van der Waals surface area (Å²) in [6.07, 6.45) is -0.177. The van der Waals surface area contributed by atoms with Crippen LogP contribution in [0.2, 0.25) is 0 Å². The zero-order valence-electron chi connectivity index (χ0n) is 12.1. The minimum Gasteiger partial charge on any atom is -0.497 e. The molecule has 0 aromatic heterocycles. The molecule has 1 N–H and O–H groups in total. The van der Waals surface area contributed by atoms with Crippen molar-refractivity contribution in [3.05, 3.63) is 53.6 Å². The van der Waals surface area contributed by atoms with Gasteiger partial charge in [-0.15, -0.1) is 0 Å². The highest BCUT2D eigenvalue weighted by Crippen LogP contribution is 2.42. The lowest BCUT2D eigenvalue weighted by Gasteiger charge is -2.30. The quantitative estimate of drug-likeness (QED) is 0.941. The highest BCUT2D eigenvalue weighted by Gasteiger charge is 2.28. The monoisotopic (exact) mass is 286 g/mol. The normalized spacial score (nSPS) is 20.3. The van der Waals surface area contributed by atoms with Crippen LogP contribution in [0, 0.1) is 0 Å². The number of aliphatic hydroxyl groups excluding tert-OH is 1. The van der Waals surface area contributed by atoms with Crippen molar-refractivity contribution in [3.8, 4) is 17.2 Å². The zero-order chi connectivity index (χ0) is 14.8. The van der Waals surface area contributed by atoms with Crippen molar-refractivity contribution in [2.75, 3.05) is 14.2 Å². The van der Waals surface area contributed by atoms with Crippen molar-refractivity contribution in [1.29, 1.82) is 0 Å². The van der Waals surface area contributed by atoms with Gasteiger partial charge in [0.1, 0.15) is 23.4 Å². The van der Waals surface area contributed by atoms with Crippen molar-refractivity contribution in [1.82, 2.24) is 0 Å². The first-order chi connectivity index (χ1) is 10.2. The van der Waals surface area contributed by atoms with Crippen LogP contribution in [-0.4, -0.2) is 19.3 Å². The van der Waals surface area contributed by atoms with Crippen LogP contribution in [-0.2, 0) is 0 Å². The summed E-state index contributed by atoms with van der Waals surface area (Å²) in [7, 11) is 3.25. The lowest BCUT2D eigenvalue weighted by molar-refractivity contribution is 0.0655. The van der Waals surface area contributed by atoms with Crippen LogP contribution in [0.5, 0.6) is 17.2 Å². The van der Waals surface area contributed by atoms with Gasteiger partial charge in [-0.3, -0.25) is 0 Å². The Labute approximate surface area is 123 Å². The van der Waals surface area contributed by atoms with Gasteiger partial charge < -0.3 is 19.3 Å². The first-order valence-electron chi connectivity index (χ1n) is 6.88. The van der Waals surface area contributed by atoms with Gasteiger partial charge in [0.05, 0.1) is 20.3 Å². The van der Waals surface area contributed by atoms with E-state index in [0.717, 1.165) is 22.6 Å². The van der Waals surface area contributed by atoms with Crippen molar-refractivity contribution in [3.63, 3.8) is 0 Å². The van der Waals surface area contributed by atoms with E-state index in [1.165, 1.54) is 0 Å². The molecule has 2 atom stereocenters. The molecule has 0 saturated carbocycles. The maximum atomic E-state index is 10.3. The number of ether oxygens (including phenoxy) is 3. The Hall–Kier alpha value is -2.20. The van der Waals surface area contributed by atoms with Crippen LogP contribution in [0.3, 0.4) is 0 Å². The van der Waals surface area contributed by atoms with Crippen LogP contribution < -0.4 is 14.2 Å². The predicted octanol–water partition coefficient (Wildman–Crippen LogP) is 3.26. The number of rotatable bonds is 3. The molecule has 0 bridgehead atoms. The van der Waals surface area contributed by atoms with Crippen molar-refractivity contribution >= 4 is 0 Å². The second kappa shape index (κ2) is 5.66. The van der Waals surface area contributed by atoms with Crippen LogP contribution in [0.25, 0.3) is 0 Å². The van der Waals surface area contributed by atoms with E-state index in [9.17, 15) is 5.11 Å². The Balaban J connectivity index is 1.89. The summed E-state index contributed by atoms with van der Waals surface area (Å²) in [5, 5.41) is 10.3. The maximum Gasteiger partial charge on any atom is 0.129 e. The number of benzene rings is 2. The summed E-state index contributed by atoms with van der Waals surface area (Å²) in [6, 6.07) is 13.2. The van der Waals surface area contributed by atoms with Gasteiger partial charge in [0.2, 0.25) is 0 Å². The molecule has 110 valence electrons. The molecule has 0 spiro atoms. The molecular formula is C17H18O4. The molecule has 0 amide bonds. The van der Waals surface area contributed by atoms with Crippen LogP contribution >= 0.6 is 0 Å². The fourth-order valence-corrected chi connectivity index (χ4v) is 2.57. The van der Waals surface area contributed by atoms with Gasteiger partial charge in [0.25, 0.3) is 0 Å². The number of fused-ring (bicyclic) bond motifs is 1. The van der Waals surface area contributed by atoms with E-state index in [0.29, 0.717) is 12.2 Å². The SMILES string of the molecule is COc1ccc(C2C[C@@H](O)c3ccc(OC)cc3O2)cc1. The smallest absolute Gasteiger partial charge is 0.129 e. The molecule has 21 heavy (non-hydrogen) atoms. The summed E-state index contributed by atoms with van der Waals surface area (Å²) in [4.78, 5) is 0. The third kappa shape index (κ3) is 2.67. The number of hydrogen-bond donors (Lipinski definition) is 1. The number of hydrogen-bond acceptors (Lipinski definition) is 4. The lowest BCUT2D eigenvalue weighted by Crippen LogP contribution is -2.19. The van der Waals surface area contributed by atoms with Gasteiger partial charge in [0.15, 0.2) is 0 Å². The van der Waals surface area contributed by atoms with Gasteiger partial charge >= 0.3 is 0 Å². The molecule has 4 nitrogen and oxygen atoms in total. The van der Waals surface area contributed by atoms with E-state index in [1.807, 2.05) is 42.5 Å². The summed E-state index contributed by atoms with van der Waals surface area (Å²) in [5.41, 5.74) is 1.82. The van der Waals surface area contributed by atoms with Gasteiger partial charge in [0, 0.05) is 18.1 Å². The van der Waals surface area contributed by atoms with Gasteiger partial charge in [-0.25, -0.2) is 0 Å².